The summed E-state index contributed by atoms with van der Waals surface area (Å²) in [6.07, 6.45) is 3.61. The summed E-state index contributed by atoms with van der Waals surface area (Å²) in [5, 5.41) is 7.10. The molecule has 4 nitrogen and oxygen atoms in total. The third kappa shape index (κ3) is 4.45. The third-order valence-electron chi connectivity index (χ3n) is 5.44. The topological polar surface area (TPSA) is 30.3 Å². The van der Waals surface area contributed by atoms with E-state index in [1.165, 1.54) is 19.4 Å². The fourth-order valence-electron chi connectivity index (χ4n) is 3.87. The molecule has 4 rings (SSSR count). The maximum absolute atomic E-state index is 6.23. The van der Waals surface area contributed by atoms with Crippen molar-refractivity contribution < 1.29 is 4.74 Å². The molecule has 1 atom stereocenters. The molecule has 28 heavy (non-hydrogen) atoms. The zero-order valence-corrected chi connectivity index (χ0v) is 17.6. The van der Waals surface area contributed by atoms with Crippen LogP contribution in [0.2, 0.25) is 10.0 Å². The Morgan fingerprint density at radius 3 is 2.64 bits per heavy atom. The Hall–Kier alpha value is -1.75. The lowest BCUT2D eigenvalue weighted by Gasteiger charge is -2.20. The van der Waals surface area contributed by atoms with Crippen molar-refractivity contribution in [2.45, 2.75) is 38.8 Å². The molecule has 1 saturated heterocycles. The van der Waals surface area contributed by atoms with Crippen LogP contribution in [0.5, 0.6) is 5.88 Å². The zero-order chi connectivity index (χ0) is 19.5. The van der Waals surface area contributed by atoms with E-state index >= 15 is 0 Å². The molecule has 2 aromatic carbocycles. The standard InChI is InChI=1S/C22H25Cl2N3O/c1-16-4-2-11-26(16)12-3-13-28-22-20-14-19(24)9-10-21(20)27(25-22)15-17-5-7-18(23)8-6-17/h5-10,14,16H,2-4,11-13,15H2,1H3. The number of rotatable bonds is 7. The van der Waals surface area contributed by atoms with E-state index in [1.54, 1.807) is 0 Å². The predicted molar refractivity (Wildman–Crippen MR) is 116 cm³/mol. The number of fused-ring (bicyclic) bond motifs is 1. The summed E-state index contributed by atoms with van der Waals surface area (Å²) in [5.41, 5.74) is 2.15. The van der Waals surface area contributed by atoms with Crippen LogP contribution in [0.1, 0.15) is 31.7 Å². The highest BCUT2D eigenvalue weighted by molar-refractivity contribution is 6.31. The van der Waals surface area contributed by atoms with Gasteiger partial charge in [-0.05, 0) is 68.6 Å². The number of benzene rings is 2. The quantitative estimate of drug-likeness (QED) is 0.465. The van der Waals surface area contributed by atoms with Gasteiger partial charge in [-0.1, -0.05) is 35.3 Å². The molecule has 1 aromatic heterocycles. The maximum Gasteiger partial charge on any atom is 0.240 e. The number of nitrogens with zero attached hydrogens (tertiary/aromatic N) is 3. The number of likely N-dealkylation sites (tertiary alicyclic amines) is 1. The Kier molecular flexibility index (Phi) is 6.10. The molecule has 0 amide bonds. The van der Waals surface area contributed by atoms with Gasteiger partial charge in [0.1, 0.15) is 0 Å². The van der Waals surface area contributed by atoms with Crippen molar-refractivity contribution in [3.05, 3.63) is 58.1 Å². The van der Waals surface area contributed by atoms with Gasteiger partial charge in [0.15, 0.2) is 0 Å². The van der Waals surface area contributed by atoms with E-state index in [4.69, 9.17) is 33.0 Å². The van der Waals surface area contributed by atoms with Gasteiger partial charge >= 0.3 is 0 Å². The minimum atomic E-state index is 0.654. The summed E-state index contributed by atoms with van der Waals surface area (Å²) >= 11 is 12.2. The SMILES string of the molecule is CC1CCCN1CCCOc1nn(Cc2ccc(Cl)cc2)c2ccc(Cl)cc12. The lowest BCUT2D eigenvalue weighted by atomic mass is 10.2. The molecule has 3 aromatic rings. The van der Waals surface area contributed by atoms with Gasteiger partial charge in [-0.2, -0.15) is 0 Å². The van der Waals surface area contributed by atoms with E-state index in [0.717, 1.165) is 34.5 Å². The predicted octanol–water partition coefficient (Wildman–Crippen LogP) is 5.64. The molecule has 0 N–H and O–H groups in total. The van der Waals surface area contributed by atoms with Gasteiger partial charge in [-0.3, -0.25) is 4.68 Å². The zero-order valence-electron chi connectivity index (χ0n) is 16.1. The van der Waals surface area contributed by atoms with E-state index in [1.807, 2.05) is 47.1 Å². The van der Waals surface area contributed by atoms with Crippen molar-refractivity contribution in [3.63, 3.8) is 0 Å². The molecular weight excluding hydrogens is 393 g/mol. The van der Waals surface area contributed by atoms with Crippen molar-refractivity contribution >= 4 is 34.1 Å². The summed E-state index contributed by atoms with van der Waals surface area (Å²) in [7, 11) is 0. The second-order valence-electron chi connectivity index (χ2n) is 7.48. The molecule has 0 saturated carbocycles. The Morgan fingerprint density at radius 1 is 1.11 bits per heavy atom. The van der Waals surface area contributed by atoms with E-state index in [9.17, 15) is 0 Å². The molecule has 148 valence electrons. The molecular formula is C22H25Cl2N3O. The van der Waals surface area contributed by atoms with E-state index < -0.39 is 0 Å². The second kappa shape index (κ2) is 8.73. The highest BCUT2D eigenvalue weighted by Gasteiger charge is 2.19. The molecule has 2 heterocycles. The molecule has 0 bridgehead atoms. The second-order valence-corrected chi connectivity index (χ2v) is 8.35. The lowest BCUT2D eigenvalue weighted by Crippen LogP contribution is -2.28. The minimum Gasteiger partial charge on any atom is -0.476 e. The Bertz CT molecular complexity index is 939. The number of ether oxygens (including phenoxy) is 1. The molecule has 1 fully saturated rings. The van der Waals surface area contributed by atoms with Gasteiger partial charge in [0, 0.05) is 22.6 Å². The van der Waals surface area contributed by atoms with Crippen LogP contribution in [0.3, 0.4) is 0 Å². The van der Waals surface area contributed by atoms with Crippen LogP contribution in [-0.4, -0.2) is 40.4 Å². The van der Waals surface area contributed by atoms with Gasteiger partial charge < -0.3 is 9.64 Å². The van der Waals surface area contributed by atoms with Crippen molar-refractivity contribution in [1.29, 1.82) is 0 Å². The highest BCUT2D eigenvalue weighted by Crippen LogP contribution is 2.29. The third-order valence-corrected chi connectivity index (χ3v) is 5.93. The number of aromatic nitrogens is 2. The summed E-state index contributed by atoms with van der Waals surface area (Å²) in [4.78, 5) is 2.54. The fourth-order valence-corrected chi connectivity index (χ4v) is 4.17. The first-order chi connectivity index (χ1) is 13.6. The molecule has 0 aliphatic carbocycles. The van der Waals surface area contributed by atoms with Crippen LogP contribution < -0.4 is 4.74 Å². The van der Waals surface area contributed by atoms with Gasteiger partial charge in [0.25, 0.3) is 0 Å². The van der Waals surface area contributed by atoms with Gasteiger partial charge in [-0.25, -0.2) is 0 Å². The van der Waals surface area contributed by atoms with E-state index in [0.29, 0.717) is 30.1 Å². The van der Waals surface area contributed by atoms with Crippen LogP contribution in [0, 0.1) is 0 Å². The molecule has 1 aliphatic heterocycles. The first-order valence-corrected chi connectivity index (χ1v) is 10.6. The largest absolute Gasteiger partial charge is 0.476 e. The lowest BCUT2D eigenvalue weighted by molar-refractivity contribution is 0.227. The Balaban J connectivity index is 1.47. The van der Waals surface area contributed by atoms with Crippen molar-refractivity contribution in [3.8, 4) is 5.88 Å². The fraction of sp³-hybridized carbons (Fsp3) is 0.409. The van der Waals surface area contributed by atoms with Crippen LogP contribution in [-0.2, 0) is 6.54 Å². The monoisotopic (exact) mass is 417 g/mol. The van der Waals surface area contributed by atoms with Gasteiger partial charge in [-0.15, -0.1) is 5.10 Å². The molecule has 1 aliphatic rings. The maximum atomic E-state index is 6.23. The van der Waals surface area contributed by atoms with Crippen LogP contribution in [0.25, 0.3) is 10.9 Å². The van der Waals surface area contributed by atoms with Crippen molar-refractivity contribution in [2.75, 3.05) is 19.7 Å². The number of hydrogen-bond acceptors (Lipinski definition) is 3. The molecule has 0 spiro atoms. The van der Waals surface area contributed by atoms with Crippen LogP contribution in [0.4, 0.5) is 0 Å². The first-order valence-electron chi connectivity index (χ1n) is 9.87. The van der Waals surface area contributed by atoms with E-state index in [-0.39, 0.29) is 0 Å². The molecule has 6 heteroatoms. The molecule has 0 radical (unpaired) electrons. The summed E-state index contributed by atoms with van der Waals surface area (Å²) < 4.78 is 8.03. The van der Waals surface area contributed by atoms with E-state index in [2.05, 4.69) is 11.8 Å². The summed E-state index contributed by atoms with van der Waals surface area (Å²) in [5.74, 6) is 0.654. The minimum absolute atomic E-state index is 0.654. The molecule has 1 unspecified atom stereocenters. The van der Waals surface area contributed by atoms with Crippen molar-refractivity contribution in [1.82, 2.24) is 14.7 Å². The summed E-state index contributed by atoms with van der Waals surface area (Å²) in [6.45, 7) is 5.90. The summed E-state index contributed by atoms with van der Waals surface area (Å²) in [6, 6.07) is 14.3. The average Bonchev–Trinajstić information content (AvgIpc) is 3.24. The van der Waals surface area contributed by atoms with Crippen molar-refractivity contribution in [2.24, 2.45) is 0 Å². The number of hydrogen-bond donors (Lipinski definition) is 0. The number of halogens is 2. The normalized spacial score (nSPS) is 17.5. The van der Waals surface area contributed by atoms with Crippen LogP contribution >= 0.6 is 23.2 Å². The van der Waals surface area contributed by atoms with Crippen LogP contribution in [0.15, 0.2) is 42.5 Å². The Morgan fingerprint density at radius 2 is 1.89 bits per heavy atom. The Labute approximate surface area is 176 Å². The van der Waals surface area contributed by atoms with Gasteiger partial charge in [0.2, 0.25) is 5.88 Å². The smallest absolute Gasteiger partial charge is 0.240 e. The average molecular weight is 418 g/mol. The van der Waals surface area contributed by atoms with Gasteiger partial charge in [0.05, 0.1) is 24.1 Å². The highest BCUT2D eigenvalue weighted by atomic mass is 35.5. The first kappa shape index (κ1) is 19.6.